The van der Waals surface area contributed by atoms with Gasteiger partial charge in [0, 0.05) is 17.5 Å². The second-order valence-electron chi connectivity index (χ2n) is 5.07. The Bertz CT molecular complexity index is 609. The van der Waals surface area contributed by atoms with Gasteiger partial charge in [0.1, 0.15) is 11.5 Å². The van der Waals surface area contributed by atoms with Gasteiger partial charge in [-0.1, -0.05) is 36.4 Å². The minimum absolute atomic E-state index is 0.0111. The van der Waals surface area contributed by atoms with Gasteiger partial charge in [-0.25, -0.2) is 0 Å². The number of nitrogens with two attached hydrogens (primary N) is 1. The highest BCUT2D eigenvalue weighted by atomic mass is 16.5. The SMILES string of the molecule is NCCCC(=O)NC1c2ccccc2Oc2ccccc21. The topological polar surface area (TPSA) is 64.4 Å². The first-order valence-corrected chi connectivity index (χ1v) is 7.14. The van der Waals surface area contributed by atoms with Gasteiger partial charge >= 0.3 is 0 Å². The van der Waals surface area contributed by atoms with Gasteiger partial charge in [0.15, 0.2) is 0 Å². The van der Waals surface area contributed by atoms with Gasteiger partial charge in [0.2, 0.25) is 5.91 Å². The first-order valence-electron chi connectivity index (χ1n) is 7.14. The molecule has 1 aliphatic heterocycles. The van der Waals surface area contributed by atoms with Crippen LogP contribution in [-0.4, -0.2) is 12.5 Å². The average molecular weight is 282 g/mol. The zero-order chi connectivity index (χ0) is 14.7. The van der Waals surface area contributed by atoms with Gasteiger partial charge in [-0.15, -0.1) is 0 Å². The zero-order valence-corrected chi connectivity index (χ0v) is 11.7. The van der Waals surface area contributed by atoms with Crippen molar-refractivity contribution in [2.75, 3.05) is 6.54 Å². The number of fused-ring (bicyclic) bond motifs is 2. The lowest BCUT2D eigenvalue weighted by Crippen LogP contribution is -2.31. The van der Waals surface area contributed by atoms with E-state index in [-0.39, 0.29) is 11.9 Å². The molecule has 0 saturated carbocycles. The van der Waals surface area contributed by atoms with Gasteiger partial charge in [-0.3, -0.25) is 4.79 Å². The lowest BCUT2D eigenvalue weighted by atomic mass is 9.94. The van der Waals surface area contributed by atoms with E-state index in [9.17, 15) is 4.79 Å². The third-order valence-electron chi connectivity index (χ3n) is 3.59. The Morgan fingerprint density at radius 3 is 2.19 bits per heavy atom. The molecule has 4 heteroatoms. The standard InChI is InChI=1S/C17H18N2O2/c18-11-5-10-16(20)19-17-12-6-1-3-8-14(12)21-15-9-4-2-7-13(15)17/h1-4,6-9,17H,5,10-11,18H2,(H,19,20). The Morgan fingerprint density at radius 2 is 1.62 bits per heavy atom. The smallest absolute Gasteiger partial charge is 0.220 e. The number of hydrogen-bond donors (Lipinski definition) is 2. The molecule has 3 rings (SSSR count). The maximum absolute atomic E-state index is 12.1. The van der Waals surface area contributed by atoms with Crippen LogP contribution >= 0.6 is 0 Å². The van der Waals surface area contributed by atoms with Crippen molar-refractivity contribution in [3.05, 3.63) is 59.7 Å². The number of ether oxygens (including phenoxy) is 1. The summed E-state index contributed by atoms with van der Waals surface area (Å²) in [6, 6.07) is 15.4. The highest BCUT2D eigenvalue weighted by Gasteiger charge is 2.27. The maximum Gasteiger partial charge on any atom is 0.220 e. The molecule has 0 atom stereocenters. The lowest BCUT2D eigenvalue weighted by Gasteiger charge is -2.28. The van der Waals surface area contributed by atoms with Crippen molar-refractivity contribution in [2.45, 2.75) is 18.9 Å². The molecule has 3 N–H and O–H groups in total. The second kappa shape index (κ2) is 5.97. The molecular weight excluding hydrogens is 264 g/mol. The molecule has 0 radical (unpaired) electrons. The summed E-state index contributed by atoms with van der Waals surface area (Å²) in [5.74, 6) is 1.60. The normalized spacial score (nSPS) is 13.0. The molecule has 2 aromatic carbocycles. The first kappa shape index (κ1) is 13.6. The van der Waals surface area contributed by atoms with Gasteiger partial charge in [-0.05, 0) is 25.1 Å². The van der Waals surface area contributed by atoms with E-state index in [0.29, 0.717) is 19.4 Å². The molecule has 0 aromatic heterocycles. The van der Waals surface area contributed by atoms with E-state index in [1.807, 2.05) is 48.5 Å². The van der Waals surface area contributed by atoms with Gasteiger partial charge < -0.3 is 15.8 Å². The summed E-state index contributed by atoms with van der Waals surface area (Å²) in [6.07, 6.45) is 1.14. The Hall–Kier alpha value is -2.33. The number of carbonyl (C=O) groups is 1. The highest BCUT2D eigenvalue weighted by molar-refractivity contribution is 5.77. The Morgan fingerprint density at radius 1 is 1.05 bits per heavy atom. The molecule has 1 amide bonds. The maximum atomic E-state index is 12.1. The summed E-state index contributed by atoms with van der Waals surface area (Å²) < 4.78 is 5.90. The van der Waals surface area contributed by atoms with E-state index in [0.717, 1.165) is 22.6 Å². The Balaban J connectivity index is 1.93. The first-order chi connectivity index (χ1) is 10.3. The monoisotopic (exact) mass is 282 g/mol. The predicted octanol–water partition coefficient (Wildman–Crippen LogP) is 2.74. The number of hydrogen-bond acceptors (Lipinski definition) is 3. The second-order valence-corrected chi connectivity index (χ2v) is 5.07. The summed E-state index contributed by atoms with van der Waals surface area (Å²) >= 11 is 0. The van der Waals surface area contributed by atoms with Crippen LogP contribution in [0.25, 0.3) is 0 Å². The molecule has 0 unspecified atom stereocenters. The lowest BCUT2D eigenvalue weighted by molar-refractivity contribution is -0.121. The number of para-hydroxylation sites is 2. The largest absolute Gasteiger partial charge is 0.457 e. The number of rotatable bonds is 4. The molecule has 2 aromatic rings. The molecule has 1 aliphatic rings. The molecular formula is C17H18N2O2. The summed E-state index contributed by atoms with van der Waals surface area (Å²) in [5.41, 5.74) is 7.43. The van der Waals surface area contributed by atoms with Gasteiger partial charge in [0.25, 0.3) is 0 Å². The van der Waals surface area contributed by atoms with Crippen LogP contribution in [0.3, 0.4) is 0 Å². The van der Waals surface area contributed by atoms with Crippen molar-refractivity contribution < 1.29 is 9.53 Å². The van der Waals surface area contributed by atoms with E-state index in [4.69, 9.17) is 10.5 Å². The number of nitrogens with one attached hydrogen (secondary N) is 1. The zero-order valence-electron chi connectivity index (χ0n) is 11.7. The third kappa shape index (κ3) is 2.76. The van der Waals surface area contributed by atoms with Crippen molar-refractivity contribution >= 4 is 5.91 Å². The third-order valence-corrected chi connectivity index (χ3v) is 3.59. The molecule has 1 heterocycles. The molecule has 4 nitrogen and oxygen atoms in total. The van der Waals surface area contributed by atoms with E-state index >= 15 is 0 Å². The van der Waals surface area contributed by atoms with Crippen LogP contribution in [0.1, 0.15) is 30.0 Å². The van der Waals surface area contributed by atoms with E-state index in [2.05, 4.69) is 5.32 Å². The van der Waals surface area contributed by atoms with Crippen LogP contribution in [-0.2, 0) is 4.79 Å². The van der Waals surface area contributed by atoms with Crippen LogP contribution in [0.15, 0.2) is 48.5 Å². The van der Waals surface area contributed by atoms with Crippen molar-refractivity contribution in [3.8, 4) is 11.5 Å². The predicted molar refractivity (Wildman–Crippen MR) is 81.2 cm³/mol. The molecule has 0 fully saturated rings. The molecule has 0 spiro atoms. The quantitative estimate of drug-likeness (QED) is 0.906. The summed E-state index contributed by atoms with van der Waals surface area (Å²) in [5, 5.41) is 3.09. The van der Waals surface area contributed by atoms with Crippen molar-refractivity contribution in [2.24, 2.45) is 5.73 Å². The molecule has 0 bridgehead atoms. The Labute approximate surface area is 123 Å². The number of amides is 1. The summed E-state index contributed by atoms with van der Waals surface area (Å²) in [7, 11) is 0. The van der Waals surface area contributed by atoms with Crippen LogP contribution in [0, 0.1) is 0 Å². The molecule has 0 aliphatic carbocycles. The summed E-state index contributed by atoms with van der Waals surface area (Å²) in [4.78, 5) is 12.1. The molecule has 0 saturated heterocycles. The fraction of sp³-hybridized carbons (Fsp3) is 0.235. The van der Waals surface area contributed by atoms with E-state index in [1.54, 1.807) is 0 Å². The highest BCUT2D eigenvalue weighted by Crippen LogP contribution is 2.42. The van der Waals surface area contributed by atoms with Crippen LogP contribution in [0.5, 0.6) is 11.5 Å². The van der Waals surface area contributed by atoms with E-state index < -0.39 is 0 Å². The van der Waals surface area contributed by atoms with Crippen molar-refractivity contribution in [3.63, 3.8) is 0 Å². The van der Waals surface area contributed by atoms with Crippen LogP contribution in [0.4, 0.5) is 0 Å². The van der Waals surface area contributed by atoms with Crippen molar-refractivity contribution in [1.29, 1.82) is 0 Å². The molecule has 21 heavy (non-hydrogen) atoms. The van der Waals surface area contributed by atoms with Gasteiger partial charge in [-0.2, -0.15) is 0 Å². The fourth-order valence-corrected chi connectivity index (χ4v) is 2.56. The fourth-order valence-electron chi connectivity index (χ4n) is 2.56. The Kier molecular flexibility index (Phi) is 3.88. The van der Waals surface area contributed by atoms with E-state index in [1.165, 1.54) is 0 Å². The minimum atomic E-state index is -0.170. The summed E-state index contributed by atoms with van der Waals surface area (Å²) in [6.45, 7) is 0.522. The van der Waals surface area contributed by atoms with Crippen LogP contribution < -0.4 is 15.8 Å². The number of carbonyl (C=O) groups excluding carboxylic acids is 1. The van der Waals surface area contributed by atoms with Crippen LogP contribution in [0.2, 0.25) is 0 Å². The average Bonchev–Trinajstić information content (AvgIpc) is 2.52. The van der Waals surface area contributed by atoms with Crippen molar-refractivity contribution in [1.82, 2.24) is 5.32 Å². The van der Waals surface area contributed by atoms with Gasteiger partial charge in [0.05, 0.1) is 6.04 Å². The number of benzene rings is 2. The molecule has 108 valence electrons. The minimum Gasteiger partial charge on any atom is -0.457 e.